The zero-order valence-electron chi connectivity index (χ0n) is 13.4. The molecule has 2 aliphatic heterocycles. The second-order valence-electron chi connectivity index (χ2n) is 6.33. The lowest BCUT2D eigenvalue weighted by atomic mass is 9.85. The van der Waals surface area contributed by atoms with Gasteiger partial charge in [-0.2, -0.15) is 0 Å². The van der Waals surface area contributed by atoms with Crippen molar-refractivity contribution in [1.29, 1.82) is 0 Å². The Morgan fingerprint density at radius 3 is 2.78 bits per heavy atom. The highest BCUT2D eigenvalue weighted by Gasteiger charge is 2.46. The Morgan fingerprint density at radius 1 is 1.35 bits per heavy atom. The number of anilines is 1. The van der Waals surface area contributed by atoms with Crippen LogP contribution in [0.5, 0.6) is 0 Å². The van der Waals surface area contributed by atoms with Crippen LogP contribution >= 0.6 is 0 Å². The maximum absolute atomic E-state index is 12.5. The Kier molecular flexibility index (Phi) is 4.21. The van der Waals surface area contributed by atoms with Crippen LogP contribution in [0, 0.1) is 0 Å². The van der Waals surface area contributed by atoms with E-state index in [1.54, 1.807) is 23.2 Å². The SMILES string of the molecule is CN1CCCNC(=O)C12CCN(C(=O)c1cc(N)ccn1)CC2. The number of rotatable bonds is 1. The van der Waals surface area contributed by atoms with Crippen LogP contribution in [-0.4, -0.2) is 65.4 Å². The molecule has 2 amide bonds. The second kappa shape index (κ2) is 6.16. The Balaban J connectivity index is 1.72. The molecule has 7 heteroatoms. The molecule has 2 fully saturated rings. The van der Waals surface area contributed by atoms with E-state index in [-0.39, 0.29) is 11.8 Å². The molecule has 0 radical (unpaired) electrons. The van der Waals surface area contributed by atoms with E-state index >= 15 is 0 Å². The number of nitrogens with two attached hydrogens (primary N) is 1. The molecule has 0 unspecified atom stereocenters. The van der Waals surface area contributed by atoms with Gasteiger partial charge in [0.15, 0.2) is 0 Å². The van der Waals surface area contributed by atoms with E-state index in [0.29, 0.717) is 37.3 Å². The number of nitrogens with one attached hydrogen (secondary N) is 1. The van der Waals surface area contributed by atoms with Gasteiger partial charge in [0, 0.05) is 38.1 Å². The number of pyridine rings is 1. The van der Waals surface area contributed by atoms with Crippen molar-refractivity contribution in [2.24, 2.45) is 0 Å². The minimum absolute atomic E-state index is 0.0895. The van der Waals surface area contributed by atoms with Gasteiger partial charge in [-0.1, -0.05) is 0 Å². The Hall–Kier alpha value is -2.15. The number of aromatic nitrogens is 1. The summed E-state index contributed by atoms with van der Waals surface area (Å²) in [6.45, 7) is 2.71. The highest BCUT2D eigenvalue weighted by atomic mass is 16.2. The molecule has 0 aliphatic carbocycles. The normalized spacial score (nSPS) is 21.8. The van der Waals surface area contributed by atoms with Gasteiger partial charge in [-0.05, 0) is 38.4 Å². The van der Waals surface area contributed by atoms with E-state index in [1.165, 1.54) is 0 Å². The Morgan fingerprint density at radius 2 is 2.09 bits per heavy atom. The van der Waals surface area contributed by atoms with Gasteiger partial charge in [-0.15, -0.1) is 0 Å². The van der Waals surface area contributed by atoms with Gasteiger partial charge in [0.05, 0.1) is 0 Å². The number of nitrogen functional groups attached to an aromatic ring is 1. The van der Waals surface area contributed by atoms with Crippen LogP contribution < -0.4 is 11.1 Å². The number of carbonyl (C=O) groups is 2. The molecule has 23 heavy (non-hydrogen) atoms. The van der Waals surface area contributed by atoms with Crippen molar-refractivity contribution in [3.63, 3.8) is 0 Å². The fourth-order valence-electron chi connectivity index (χ4n) is 3.48. The summed E-state index contributed by atoms with van der Waals surface area (Å²) in [4.78, 5) is 33.1. The first-order valence-electron chi connectivity index (χ1n) is 8.03. The van der Waals surface area contributed by atoms with E-state index in [2.05, 4.69) is 15.2 Å². The molecule has 0 bridgehead atoms. The summed E-state index contributed by atoms with van der Waals surface area (Å²) in [5, 5.41) is 3.01. The van der Waals surface area contributed by atoms with Crippen LogP contribution in [0.3, 0.4) is 0 Å². The Bertz CT molecular complexity index is 610. The van der Waals surface area contributed by atoms with Crippen molar-refractivity contribution >= 4 is 17.5 Å². The molecule has 2 saturated heterocycles. The number of hydrogen-bond donors (Lipinski definition) is 2. The number of likely N-dealkylation sites (tertiary alicyclic amines) is 1. The molecule has 3 N–H and O–H groups in total. The standard InChI is InChI=1S/C16H23N5O2/c1-20-8-2-6-19-15(23)16(20)4-9-21(10-5-16)14(22)13-11-12(17)3-7-18-13/h3,7,11H,2,4-6,8-10H2,1H3,(H2,17,18)(H,19,23). The number of hydrogen-bond acceptors (Lipinski definition) is 5. The molecule has 1 aromatic heterocycles. The smallest absolute Gasteiger partial charge is 0.272 e. The van der Waals surface area contributed by atoms with Gasteiger partial charge in [0.2, 0.25) is 5.91 Å². The van der Waals surface area contributed by atoms with Crippen LogP contribution in [0.15, 0.2) is 18.3 Å². The summed E-state index contributed by atoms with van der Waals surface area (Å²) in [6, 6.07) is 3.25. The molecular weight excluding hydrogens is 294 g/mol. The molecule has 3 rings (SSSR count). The molecule has 0 atom stereocenters. The zero-order valence-corrected chi connectivity index (χ0v) is 13.4. The van der Waals surface area contributed by atoms with E-state index in [4.69, 9.17) is 5.73 Å². The summed E-state index contributed by atoms with van der Waals surface area (Å²) in [6.07, 6.45) is 3.78. The van der Waals surface area contributed by atoms with Crippen molar-refractivity contribution in [2.45, 2.75) is 24.8 Å². The fourth-order valence-corrected chi connectivity index (χ4v) is 3.48. The van der Waals surface area contributed by atoms with E-state index in [1.807, 2.05) is 7.05 Å². The molecule has 7 nitrogen and oxygen atoms in total. The van der Waals surface area contributed by atoms with E-state index in [0.717, 1.165) is 19.5 Å². The van der Waals surface area contributed by atoms with Crippen LogP contribution in [0.25, 0.3) is 0 Å². The molecule has 124 valence electrons. The highest BCUT2D eigenvalue weighted by molar-refractivity contribution is 5.93. The average Bonchev–Trinajstić information content (AvgIpc) is 2.69. The lowest BCUT2D eigenvalue weighted by Crippen LogP contribution is -2.61. The first kappa shape index (κ1) is 15.7. The number of likely N-dealkylation sites (N-methyl/N-ethyl adjacent to an activating group) is 1. The van der Waals surface area contributed by atoms with Crippen LogP contribution in [-0.2, 0) is 4.79 Å². The van der Waals surface area contributed by atoms with Crippen LogP contribution in [0.1, 0.15) is 29.8 Å². The van der Waals surface area contributed by atoms with Gasteiger partial charge in [0.25, 0.3) is 5.91 Å². The summed E-state index contributed by atoms with van der Waals surface area (Å²) in [5.74, 6) is -0.0319. The summed E-state index contributed by atoms with van der Waals surface area (Å²) >= 11 is 0. The van der Waals surface area contributed by atoms with Crippen molar-refractivity contribution in [3.8, 4) is 0 Å². The molecular formula is C16H23N5O2. The number of amides is 2. The van der Waals surface area contributed by atoms with Gasteiger partial charge in [0.1, 0.15) is 11.2 Å². The van der Waals surface area contributed by atoms with Crippen molar-refractivity contribution < 1.29 is 9.59 Å². The summed E-state index contributed by atoms with van der Waals surface area (Å²) in [7, 11) is 2.00. The lowest BCUT2D eigenvalue weighted by Gasteiger charge is -2.44. The number of nitrogens with zero attached hydrogens (tertiary/aromatic N) is 3. The lowest BCUT2D eigenvalue weighted by molar-refractivity contribution is -0.134. The highest BCUT2D eigenvalue weighted by Crippen LogP contribution is 2.30. The largest absolute Gasteiger partial charge is 0.399 e. The summed E-state index contributed by atoms with van der Waals surface area (Å²) in [5.41, 5.74) is 6.12. The third kappa shape index (κ3) is 2.88. The van der Waals surface area contributed by atoms with E-state index in [9.17, 15) is 9.59 Å². The third-order valence-electron chi connectivity index (χ3n) is 4.99. The van der Waals surface area contributed by atoms with Gasteiger partial charge in [-0.25, -0.2) is 0 Å². The van der Waals surface area contributed by atoms with Crippen LogP contribution in [0.2, 0.25) is 0 Å². The third-order valence-corrected chi connectivity index (χ3v) is 4.99. The molecule has 1 aromatic rings. The van der Waals surface area contributed by atoms with E-state index < -0.39 is 5.54 Å². The predicted octanol–water partition coefficient (Wildman–Crippen LogP) is 0.0903. The maximum Gasteiger partial charge on any atom is 0.272 e. The van der Waals surface area contributed by atoms with Crippen molar-refractivity contribution in [2.75, 3.05) is 39.0 Å². The predicted molar refractivity (Wildman–Crippen MR) is 86.8 cm³/mol. The fraction of sp³-hybridized carbons (Fsp3) is 0.562. The average molecular weight is 317 g/mol. The Labute approximate surface area is 135 Å². The monoisotopic (exact) mass is 317 g/mol. The topological polar surface area (TPSA) is 91.6 Å². The quantitative estimate of drug-likeness (QED) is 0.766. The first-order valence-corrected chi connectivity index (χ1v) is 8.03. The van der Waals surface area contributed by atoms with Gasteiger partial charge >= 0.3 is 0 Å². The minimum atomic E-state index is -0.490. The maximum atomic E-state index is 12.5. The minimum Gasteiger partial charge on any atom is -0.399 e. The molecule has 2 aliphatic rings. The first-order chi connectivity index (χ1) is 11.0. The van der Waals surface area contributed by atoms with Crippen LogP contribution in [0.4, 0.5) is 5.69 Å². The zero-order chi connectivity index (χ0) is 16.4. The molecule has 0 saturated carbocycles. The molecule has 1 spiro atoms. The number of piperidine rings is 1. The van der Waals surface area contributed by atoms with Crippen molar-refractivity contribution in [1.82, 2.24) is 20.1 Å². The number of carbonyl (C=O) groups excluding carboxylic acids is 2. The van der Waals surface area contributed by atoms with Gasteiger partial charge in [-0.3, -0.25) is 19.5 Å². The molecule has 3 heterocycles. The second-order valence-corrected chi connectivity index (χ2v) is 6.33. The van der Waals surface area contributed by atoms with Gasteiger partial charge < -0.3 is 16.0 Å². The van der Waals surface area contributed by atoms with Crippen molar-refractivity contribution in [3.05, 3.63) is 24.0 Å². The molecule has 0 aromatic carbocycles. The summed E-state index contributed by atoms with van der Waals surface area (Å²) < 4.78 is 0.